The first kappa shape index (κ1) is 21.7. The molecule has 27 heavy (non-hydrogen) atoms. The van der Waals surface area contributed by atoms with Crippen LogP contribution in [0.5, 0.6) is 0 Å². The summed E-state index contributed by atoms with van der Waals surface area (Å²) in [7, 11) is 6.18. The highest BCUT2D eigenvalue weighted by Crippen LogP contribution is 2.28. The summed E-state index contributed by atoms with van der Waals surface area (Å²) >= 11 is 0. The van der Waals surface area contributed by atoms with Crippen LogP contribution in [0.1, 0.15) is 51.5 Å². The van der Waals surface area contributed by atoms with E-state index in [9.17, 15) is 5.11 Å². The van der Waals surface area contributed by atoms with Crippen molar-refractivity contribution in [3.05, 3.63) is 18.0 Å². The Morgan fingerprint density at radius 3 is 2.63 bits per heavy atom. The van der Waals surface area contributed by atoms with Crippen molar-refractivity contribution in [2.24, 2.45) is 18.0 Å². The highest BCUT2D eigenvalue weighted by Gasteiger charge is 2.26. The first-order chi connectivity index (χ1) is 12.8. The Kier molecular flexibility index (Phi) is 8.10. The second-order valence-electron chi connectivity index (χ2n) is 8.18. The predicted octanol–water partition coefficient (Wildman–Crippen LogP) is 1.69. The average Bonchev–Trinajstić information content (AvgIpc) is 3.08. The number of nitrogens with zero attached hydrogens (tertiary/aromatic N) is 4. The summed E-state index contributed by atoms with van der Waals surface area (Å²) < 4.78 is 1.70. The van der Waals surface area contributed by atoms with Crippen LogP contribution >= 0.6 is 0 Å². The van der Waals surface area contributed by atoms with Gasteiger partial charge in [0.25, 0.3) is 0 Å². The minimum absolute atomic E-state index is 0.282. The molecule has 1 aromatic heterocycles. The van der Waals surface area contributed by atoms with Crippen LogP contribution in [-0.4, -0.2) is 65.5 Å². The van der Waals surface area contributed by atoms with Gasteiger partial charge in [0.15, 0.2) is 5.96 Å². The van der Waals surface area contributed by atoms with Gasteiger partial charge < -0.3 is 20.6 Å². The molecule has 7 nitrogen and oxygen atoms in total. The first-order valence-electron chi connectivity index (χ1n) is 10.2. The number of likely N-dealkylation sites (N-methyl/N-ethyl adjacent to an activating group) is 1. The van der Waals surface area contributed by atoms with E-state index in [1.807, 2.05) is 13.2 Å². The number of guanidine groups is 1. The predicted molar refractivity (Wildman–Crippen MR) is 111 cm³/mol. The van der Waals surface area contributed by atoms with Crippen LogP contribution in [0, 0.1) is 5.92 Å². The van der Waals surface area contributed by atoms with Gasteiger partial charge in [-0.3, -0.25) is 4.68 Å². The molecule has 0 spiro atoms. The van der Waals surface area contributed by atoms with Gasteiger partial charge in [0, 0.05) is 37.9 Å². The van der Waals surface area contributed by atoms with Crippen molar-refractivity contribution in [3.63, 3.8) is 0 Å². The molecule has 0 amide bonds. The zero-order chi connectivity index (χ0) is 19.9. The molecule has 1 aliphatic rings. The maximum Gasteiger partial charge on any atom is 0.191 e. The van der Waals surface area contributed by atoms with E-state index >= 15 is 0 Å². The second kappa shape index (κ2) is 10.1. The number of rotatable bonds is 8. The fourth-order valence-corrected chi connectivity index (χ4v) is 3.86. The number of aryl methyl sites for hydroxylation is 1. The van der Waals surface area contributed by atoms with Crippen molar-refractivity contribution in [3.8, 4) is 0 Å². The third kappa shape index (κ3) is 6.50. The van der Waals surface area contributed by atoms with Crippen LogP contribution in [-0.2, 0) is 12.6 Å². The third-order valence-corrected chi connectivity index (χ3v) is 5.55. The highest BCUT2D eigenvalue weighted by atomic mass is 16.3. The van der Waals surface area contributed by atoms with Gasteiger partial charge in [-0.15, -0.1) is 0 Å². The number of aliphatic imine (C=N–C) groups is 1. The smallest absolute Gasteiger partial charge is 0.191 e. The standard InChI is InChI=1S/C20H38N6O/c1-6-21-19(23-15-20(2,27)17-12-24-26(5)14-17)22-13-18(25(3)4)16-10-8-7-9-11-16/h12,14,16,18,27H,6-11,13,15H2,1-5H3,(H2,21,22,23). The number of hydrogen-bond acceptors (Lipinski definition) is 4. The van der Waals surface area contributed by atoms with Gasteiger partial charge in [0.05, 0.1) is 12.7 Å². The van der Waals surface area contributed by atoms with Crippen LogP contribution < -0.4 is 10.6 Å². The molecule has 1 saturated carbocycles. The van der Waals surface area contributed by atoms with E-state index in [4.69, 9.17) is 0 Å². The molecule has 0 radical (unpaired) electrons. The Hall–Kier alpha value is -1.60. The van der Waals surface area contributed by atoms with Crippen LogP contribution in [0.15, 0.2) is 17.4 Å². The van der Waals surface area contributed by atoms with E-state index in [0.717, 1.165) is 30.5 Å². The SMILES string of the molecule is CCNC(=NCC(C)(O)c1cnn(C)c1)NCC(C1CCCCC1)N(C)C. The molecule has 0 saturated heterocycles. The van der Waals surface area contributed by atoms with Crippen LogP contribution in [0.3, 0.4) is 0 Å². The summed E-state index contributed by atoms with van der Waals surface area (Å²) in [5, 5.41) is 21.7. The van der Waals surface area contributed by atoms with Crippen molar-refractivity contribution < 1.29 is 5.11 Å². The Bertz CT molecular complexity index is 589. The summed E-state index contributed by atoms with van der Waals surface area (Å²) in [6.07, 6.45) is 10.2. The lowest BCUT2D eigenvalue weighted by molar-refractivity contribution is 0.0671. The third-order valence-electron chi connectivity index (χ3n) is 5.55. The average molecular weight is 379 g/mol. The van der Waals surface area contributed by atoms with Gasteiger partial charge in [-0.05, 0) is 46.7 Å². The summed E-state index contributed by atoms with van der Waals surface area (Å²) in [5.74, 6) is 1.49. The number of nitrogens with one attached hydrogen (secondary N) is 2. The van der Waals surface area contributed by atoms with Crippen molar-refractivity contribution in [1.82, 2.24) is 25.3 Å². The number of aliphatic hydroxyl groups is 1. The Morgan fingerprint density at radius 2 is 2.07 bits per heavy atom. The summed E-state index contributed by atoms with van der Waals surface area (Å²) in [5.41, 5.74) is -0.265. The van der Waals surface area contributed by atoms with Crippen molar-refractivity contribution in [1.29, 1.82) is 0 Å². The number of aromatic nitrogens is 2. The van der Waals surface area contributed by atoms with Gasteiger partial charge in [-0.2, -0.15) is 5.10 Å². The van der Waals surface area contributed by atoms with Crippen molar-refractivity contribution >= 4 is 5.96 Å². The molecule has 1 aromatic rings. The van der Waals surface area contributed by atoms with Crippen molar-refractivity contribution in [2.75, 3.05) is 33.7 Å². The Labute approximate surface area is 164 Å². The summed E-state index contributed by atoms with van der Waals surface area (Å²) in [4.78, 5) is 6.97. The van der Waals surface area contributed by atoms with Crippen molar-refractivity contribution in [2.45, 2.75) is 57.6 Å². The first-order valence-corrected chi connectivity index (χ1v) is 10.2. The van der Waals surface area contributed by atoms with E-state index in [1.54, 1.807) is 17.8 Å². The largest absolute Gasteiger partial charge is 0.383 e. The molecule has 154 valence electrons. The second-order valence-corrected chi connectivity index (χ2v) is 8.18. The van der Waals surface area contributed by atoms with Gasteiger partial charge in [0.1, 0.15) is 5.60 Å². The van der Waals surface area contributed by atoms with Gasteiger partial charge in [-0.1, -0.05) is 19.3 Å². The van der Waals surface area contributed by atoms with Crippen LogP contribution in [0.4, 0.5) is 0 Å². The summed E-state index contributed by atoms with van der Waals surface area (Å²) in [6, 6.07) is 0.494. The molecule has 1 fully saturated rings. The molecule has 1 heterocycles. The molecule has 0 aliphatic heterocycles. The minimum atomic E-state index is -1.04. The lowest BCUT2D eigenvalue weighted by Gasteiger charge is -2.35. The fourth-order valence-electron chi connectivity index (χ4n) is 3.86. The molecule has 1 aliphatic carbocycles. The lowest BCUT2D eigenvalue weighted by atomic mass is 9.83. The zero-order valence-electron chi connectivity index (χ0n) is 17.7. The molecular formula is C20H38N6O. The highest BCUT2D eigenvalue weighted by molar-refractivity contribution is 5.79. The Balaban J connectivity index is 1.99. The monoisotopic (exact) mass is 378 g/mol. The molecule has 0 bridgehead atoms. The summed E-state index contributed by atoms with van der Waals surface area (Å²) in [6.45, 7) is 5.77. The van der Waals surface area contributed by atoms with Gasteiger partial charge in [-0.25, -0.2) is 4.99 Å². The van der Waals surface area contributed by atoms with Crippen LogP contribution in [0.2, 0.25) is 0 Å². The molecular weight excluding hydrogens is 340 g/mol. The van der Waals surface area contributed by atoms with E-state index in [2.05, 4.69) is 46.6 Å². The maximum absolute atomic E-state index is 10.8. The topological polar surface area (TPSA) is 77.7 Å². The molecule has 2 unspecified atom stereocenters. The fraction of sp³-hybridized carbons (Fsp3) is 0.800. The normalized spacial score (nSPS) is 19.7. The number of hydrogen-bond donors (Lipinski definition) is 3. The molecule has 2 rings (SSSR count). The molecule has 7 heteroatoms. The molecule has 3 N–H and O–H groups in total. The van der Waals surface area contributed by atoms with Gasteiger partial charge >= 0.3 is 0 Å². The van der Waals surface area contributed by atoms with Gasteiger partial charge in [0.2, 0.25) is 0 Å². The maximum atomic E-state index is 10.8. The minimum Gasteiger partial charge on any atom is -0.383 e. The van der Waals surface area contributed by atoms with E-state index in [1.165, 1.54) is 32.1 Å². The van der Waals surface area contributed by atoms with Crippen LogP contribution in [0.25, 0.3) is 0 Å². The van der Waals surface area contributed by atoms with E-state index in [0.29, 0.717) is 6.04 Å². The van der Waals surface area contributed by atoms with E-state index < -0.39 is 5.60 Å². The molecule has 2 atom stereocenters. The lowest BCUT2D eigenvalue weighted by Crippen LogP contribution is -2.48. The molecule has 0 aromatic carbocycles. The zero-order valence-corrected chi connectivity index (χ0v) is 17.7. The Morgan fingerprint density at radius 1 is 1.37 bits per heavy atom. The van der Waals surface area contributed by atoms with E-state index in [-0.39, 0.29) is 6.54 Å². The quantitative estimate of drug-likeness (QED) is 0.474.